The van der Waals surface area contributed by atoms with E-state index in [0.29, 0.717) is 18.2 Å². The van der Waals surface area contributed by atoms with E-state index in [1.54, 1.807) is 6.07 Å². The third-order valence-electron chi connectivity index (χ3n) is 5.28. The average molecular weight is 403 g/mol. The smallest absolute Gasteiger partial charge is 0.416 e. The minimum absolute atomic E-state index is 0.360. The Morgan fingerprint density at radius 3 is 2.55 bits per heavy atom. The number of halogens is 3. The Labute approximate surface area is 167 Å². The topological polar surface area (TPSA) is 30.3 Å². The first-order valence-electron chi connectivity index (χ1n) is 10.0. The fourth-order valence-corrected chi connectivity index (χ4v) is 3.80. The van der Waals surface area contributed by atoms with Crippen LogP contribution in [0.4, 0.5) is 13.2 Å². The van der Waals surface area contributed by atoms with Crippen molar-refractivity contribution in [3.8, 4) is 11.6 Å². The van der Waals surface area contributed by atoms with Crippen molar-refractivity contribution in [3.05, 3.63) is 54.1 Å². The van der Waals surface area contributed by atoms with Gasteiger partial charge in [0, 0.05) is 6.54 Å². The fourth-order valence-electron chi connectivity index (χ4n) is 3.80. The van der Waals surface area contributed by atoms with Crippen molar-refractivity contribution < 1.29 is 17.9 Å². The zero-order chi connectivity index (χ0) is 20.3. The number of hydrogen-bond acceptors (Lipinski definition) is 3. The number of piperidine rings is 1. The van der Waals surface area contributed by atoms with Crippen LogP contribution in [0.1, 0.15) is 31.2 Å². The molecule has 0 unspecified atom stereocenters. The number of ether oxygens (including phenoxy) is 1. The van der Waals surface area contributed by atoms with Crippen LogP contribution in [0.25, 0.3) is 16.6 Å². The molecule has 1 aromatic heterocycles. The molecule has 154 valence electrons. The normalized spacial score (nSPS) is 15.7. The molecule has 7 heteroatoms. The number of benzene rings is 2. The van der Waals surface area contributed by atoms with E-state index in [2.05, 4.69) is 10.00 Å². The second-order valence-corrected chi connectivity index (χ2v) is 7.39. The second kappa shape index (κ2) is 8.45. The van der Waals surface area contributed by atoms with Crippen molar-refractivity contribution in [2.75, 3.05) is 26.2 Å². The van der Waals surface area contributed by atoms with E-state index in [0.717, 1.165) is 49.1 Å². The Kier molecular flexibility index (Phi) is 5.76. The van der Waals surface area contributed by atoms with Crippen LogP contribution in [-0.2, 0) is 6.18 Å². The summed E-state index contributed by atoms with van der Waals surface area (Å²) in [5.74, 6) is 0.455. The first-order chi connectivity index (χ1) is 14.0. The molecule has 0 spiro atoms. The summed E-state index contributed by atoms with van der Waals surface area (Å²) in [6.45, 7) is 3.81. The van der Waals surface area contributed by atoms with Crippen molar-refractivity contribution in [2.45, 2.75) is 31.9 Å². The average Bonchev–Trinajstić information content (AvgIpc) is 3.10. The molecule has 1 saturated heterocycles. The van der Waals surface area contributed by atoms with E-state index in [1.807, 2.05) is 24.3 Å². The van der Waals surface area contributed by atoms with Gasteiger partial charge in [-0.2, -0.15) is 13.2 Å². The lowest BCUT2D eigenvalue weighted by atomic mass is 10.1. The Balaban J connectivity index is 1.52. The number of fused-ring (bicyclic) bond motifs is 1. The minimum atomic E-state index is -4.40. The summed E-state index contributed by atoms with van der Waals surface area (Å²) < 4.78 is 46.8. The standard InChI is InChI=1S/C22H24F3N3O/c23-22(24,25)17-8-6-9-18(16-17)28-20-11-3-2-10-19(20)21(26-28)29-15-7-14-27-12-4-1-5-13-27/h2-3,6,8-11,16H,1,4-5,7,12-15H2. The third-order valence-corrected chi connectivity index (χ3v) is 5.28. The maximum Gasteiger partial charge on any atom is 0.416 e. The summed E-state index contributed by atoms with van der Waals surface area (Å²) in [5.41, 5.74) is 0.385. The molecule has 1 aliphatic heterocycles. The number of alkyl halides is 3. The Bertz CT molecular complexity index is 961. The monoisotopic (exact) mass is 403 g/mol. The van der Waals surface area contributed by atoms with Gasteiger partial charge < -0.3 is 9.64 Å². The molecule has 29 heavy (non-hydrogen) atoms. The van der Waals surface area contributed by atoms with Crippen LogP contribution in [0.3, 0.4) is 0 Å². The van der Waals surface area contributed by atoms with Crippen molar-refractivity contribution in [2.24, 2.45) is 0 Å². The van der Waals surface area contributed by atoms with Gasteiger partial charge in [-0.05, 0) is 62.7 Å². The zero-order valence-corrected chi connectivity index (χ0v) is 16.2. The second-order valence-electron chi connectivity index (χ2n) is 7.39. The molecule has 0 N–H and O–H groups in total. The molecule has 0 bridgehead atoms. The highest BCUT2D eigenvalue weighted by Gasteiger charge is 2.30. The van der Waals surface area contributed by atoms with Crippen molar-refractivity contribution in [1.29, 1.82) is 0 Å². The van der Waals surface area contributed by atoms with Gasteiger partial charge in [0.2, 0.25) is 5.88 Å². The Morgan fingerprint density at radius 1 is 0.966 bits per heavy atom. The van der Waals surface area contributed by atoms with E-state index in [9.17, 15) is 13.2 Å². The highest BCUT2D eigenvalue weighted by atomic mass is 19.4. The highest BCUT2D eigenvalue weighted by molar-refractivity contribution is 5.86. The van der Waals surface area contributed by atoms with E-state index in [1.165, 1.54) is 30.0 Å². The van der Waals surface area contributed by atoms with Crippen molar-refractivity contribution in [1.82, 2.24) is 14.7 Å². The number of aromatic nitrogens is 2. The maximum atomic E-state index is 13.1. The number of hydrogen-bond donors (Lipinski definition) is 0. The minimum Gasteiger partial charge on any atom is -0.476 e. The number of nitrogens with zero attached hydrogens (tertiary/aromatic N) is 3. The van der Waals surface area contributed by atoms with E-state index in [4.69, 9.17) is 4.74 Å². The van der Waals surface area contributed by atoms with Crippen molar-refractivity contribution >= 4 is 10.9 Å². The molecule has 0 radical (unpaired) electrons. The van der Waals surface area contributed by atoms with E-state index in [-0.39, 0.29) is 0 Å². The van der Waals surface area contributed by atoms with Gasteiger partial charge in [-0.15, -0.1) is 5.10 Å². The molecule has 0 saturated carbocycles. The first kappa shape index (κ1) is 19.8. The van der Waals surface area contributed by atoms with E-state index >= 15 is 0 Å². The van der Waals surface area contributed by atoms with Crippen LogP contribution >= 0.6 is 0 Å². The van der Waals surface area contributed by atoms with Crippen LogP contribution in [0, 0.1) is 0 Å². The molecular weight excluding hydrogens is 379 g/mol. The third kappa shape index (κ3) is 4.56. The molecule has 0 aliphatic carbocycles. The predicted molar refractivity (Wildman–Crippen MR) is 106 cm³/mol. The van der Waals surface area contributed by atoms with Crippen molar-refractivity contribution in [3.63, 3.8) is 0 Å². The molecule has 3 aromatic rings. The molecule has 1 aliphatic rings. The SMILES string of the molecule is FC(F)(F)c1cccc(-n2nc(OCCCN3CCCCC3)c3ccccc32)c1. The Morgan fingerprint density at radius 2 is 1.76 bits per heavy atom. The van der Waals surface area contributed by atoms with Crippen LogP contribution in [-0.4, -0.2) is 40.9 Å². The first-order valence-corrected chi connectivity index (χ1v) is 10.0. The summed E-state index contributed by atoms with van der Waals surface area (Å²) in [5, 5.41) is 5.27. The maximum absolute atomic E-state index is 13.1. The molecule has 0 amide bonds. The van der Waals surface area contributed by atoms with Gasteiger partial charge in [0.05, 0.1) is 28.8 Å². The zero-order valence-electron chi connectivity index (χ0n) is 16.2. The van der Waals surface area contributed by atoms with Gasteiger partial charge in [-0.25, -0.2) is 4.68 Å². The number of para-hydroxylation sites is 1. The van der Waals surface area contributed by atoms with Gasteiger partial charge in [-0.3, -0.25) is 0 Å². The molecule has 1 fully saturated rings. The number of rotatable bonds is 6. The van der Waals surface area contributed by atoms with Crippen LogP contribution in [0.2, 0.25) is 0 Å². The van der Waals surface area contributed by atoms with Gasteiger partial charge in [0.15, 0.2) is 0 Å². The van der Waals surface area contributed by atoms with Gasteiger partial charge in [-0.1, -0.05) is 24.6 Å². The molecular formula is C22H24F3N3O. The predicted octanol–water partition coefficient (Wildman–Crippen LogP) is 5.30. The summed E-state index contributed by atoms with van der Waals surface area (Å²) in [6.07, 6.45) is 0.323. The quantitative estimate of drug-likeness (QED) is 0.523. The Hall–Kier alpha value is -2.54. The summed E-state index contributed by atoms with van der Waals surface area (Å²) in [7, 11) is 0. The van der Waals surface area contributed by atoms with Gasteiger partial charge in [0.25, 0.3) is 0 Å². The molecule has 0 atom stereocenters. The largest absolute Gasteiger partial charge is 0.476 e. The van der Waals surface area contributed by atoms with Gasteiger partial charge in [0.1, 0.15) is 0 Å². The number of likely N-dealkylation sites (tertiary alicyclic amines) is 1. The highest BCUT2D eigenvalue weighted by Crippen LogP contribution is 2.32. The fraction of sp³-hybridized carbons (Fsp3) is 0.409. The van der Waals surface area contributed by atoms with Gasteiger partial charge >= 0.3 is 6.18 Å². The molecule has 4 rings (SSSR count). The van der Waals surface area contributed by atoms with Crippen LogP contribution in [0.5, 0.6) is 5.88 Å². The van der Waals surface area contributed by atoms with Crippen LogP contribution < -0.4 is 4.74 Å². The summed E-state index contributed by atoms with van der Waals surface area (Å²) in [6, 6.07) is 12.6. The summed E-state index contributed by atoms with van der Waals surface area (Å²) >= 11 is 0. The lowest BCUT2D eigenvalue weighted by Crippen LogP contribution is -2.31. The lowest BCUT2D eigenvalue weighted by Gasteiger charge is -2.26. The van der Waals surface area contributed by atoms with E-state index < -0.39 is 11.7 Å². The molecule has 2 aromatic carbocycles. The lowest BCUT2D eigenvalue weighted by molar-refractivity contribution is -0.137. The summed E-state index contributed by atoms with van der Waals surface area (Å²) in [4.78, 5) is 2.45. The molecule has 4 nitrogen and oxygen atoms in total. The van der Waals surface area contributed by atoms with Crippen LogP contribution in [0.15, 0.2) is 48.5 Å². The molecule has 2 heterocycles.